The summed E-state index contributed by atoms with van der Waals surface area (Å²) >= 11 is 0. The van der Waals surface area contributed by atoms with Gasteiger partial charge >= 0.3 is 0 Å². The van der Waals surface area contributed by atoms with Crippen LogP contribution < -0.4 is 5.73 Å². The summed E-state index contributed by atoms with van der Waals surface area (Å²) in [6, 6.07) is 6.53. The van der Waals surface area contributed by atoms with Gasteiger partial charge in [0.15, 0.2) is 0 Å². The summed E-state index contributed by atoms with van der Waals surface area (Å²) in [5.41, 5.74) is 9.44. The lowest BCUT2D eigenvalue weighted by atomic mass is 9.78. The minimum absolute atomic E-state index is 0.232. The Morgan fingerprint density at radius 1 is 1.29 bits per heavy atom. The summed E-state index contributed by atoms with van der Waals surface area (Å²) in [5, 5.41) is 4.68. The highest BCUT2D eigenvalue weighted by Crippen LogP contribution is 2.51. The lowest BCUT2D eigenvalue weighted by molar-refractivity contribution is 0.326. The molecule has 1 aromatic carbocycles. The number of nitrogens with zero attached hydrogens (tertiary/aromatic N) is 2. The fourth-order valence-electron chi connectivity index (χ4n) is 3.55. The van der Waals surface area contributed by atoms with E-state index in [4.69, 9.17) is 5.73 Å². The molecule has 4 heteroatoms. The smallest absolute Gasteiger partial charge is 0.129 e. The summed E-state index contributed by atoms with van der Waals surface area (Å²) in [7, 11) is 1.87. The van der Waals surface area contributed by atoms with Crippen LogP contribution in [0.25, 0.3) is 11.1 Å². The molecule has 1 aliphatic rings. The van der Waals surface area contributed by atoms with Crippen molar-refractivity contribution in [1.29, 1.82) is 0 Å². The van der Waals surface area contributed by atoms with Crippen LogP contribution in [0.1, 0.15) is 44.7 Å². The van der Waals surface area contributed by atoms with Crippen molar-refractivity contribution in [2.24, 2.45) is 12.5 Å². The van der Waals surface area contributed by atoms with Gasteiger partial charge in [-0.05, 0) is 36.0 Å². The van der Waals surface area contributed by atoms with Gasteiger partial charge in [-0.25, -0.2) is 4.39 Å². The summed E-state index contributed by atoms with van der Waals surface area (Å²) < 4.78 is 14.9. The first-order chi connectivity index (χ1) is 9.90. The molecule has 1 heterocycles. The van der Waals surface area contributed by atoms with Crippen LogP contribution in [-0.4, -0.2) is 9.78 Å². The summed E-state index contributed by atoms with van der Waals surface area (Å²) in [5.74, 6) is 0.823. The maximum Gasteiger partial charge on any atom is 0.129 e. The molecule has 0 aliphatic heterocycles. The fraction of sp³-hybridized carbons (Fsp3) is 0.471. The molecule has 2 aromatic rings. The van der Waals surface area contributed by atoms with E-state index in [9.17, 15) is 4.39 Å². The molecule has 1 fully saturated rings. The minimum atomic E-state index is -0.232. The predicted molar refractivity (Wildman–Crippen MR) is 83.4 cm³/mol. The van der Waals surface area contributed by atoms with Crippen LogP contribution in [0.5, 0.6) is 0 Å². The largest absolute Gasteiger partial charge is 0.383 e. The number of benzene rings is 1. The monoisotopic (exact) mass is 287 g/mol. The van der Waals surface area contributed by atoms with E-state index in [2.05, 4.69) is 18.9 Å². The fourth-order valence-corrected chi connectivity index (χ4v) is 3.55. The predicted octanol–water partition coefficient (Wildman–Crippen LogP) is 4.10. The Morgan fingerprint density at radius 3 is 2.52 bits per heavy atom. The SMILES string of the molecule is Cn1nc(C2CCCC2(C)C)c(-c2ccc(F)cc2)c1N. The zero-order valence-corrected chi connectivity index (χ0v) is 12.9. The zero-order chi connectivity index (χ0) is 15.2. The number of hydrogen-bond acceptors (Lipinski definition) is 2. The number of aryl methyl sites for hydroxylation is 1. The molecule has 3 rings (SSSR count). The molecule has 1 atom stereocenters. The van der Waals surface area contributed by atoms with Gasteiger partial charge < -0.3 is 5.73 Å². The average molecular weight is 287 g/mol. The quantitative estimate of drug-likeness (QED) is 0.903. The Balaban J connectivity index is 2.14. The van der Waals surface area contributed by atoms with Crippen molar-refractivity contribution in [3.8, 4) is 11.1 Å². The lowest BCUT2D eigenvalue weighted by Crippen LogP contribution is -2.16. The number of anilines is 1. The molecule has 0 bridgehead atoms. The maximum absolute atomic E-state index is 13.2. The number of nitrogens with two attached hydrogens (primary N) is 1. The second-order valence-corrected chi connectivity index (χ2v) is 6.71. The molecule has 3 nitrogen and oxygen atoms in total. The van der Waals surface area contributed by atoms with Gasteiger partial charge in [0.25, 0.3) is 0 Å². The molecular formula is C17H22FN3. The molecule has 0 radical (unpaired) electrons. The van der Waals surface area contributed by atoms with Gasteiger partial charge in [0.05, 0.1) is 5.69 Å². The highest BCUT2D eigenvalue weighted by atomic mass is 19.1. The number of hydrogen-bond donors (Lipinski definition) is 1. The standard InChI is InChI=1S/C17H22FN3/c1-17(2)10-4-5-13(17)15-14(16(19)21(3)20-15)11-6-8-12(18)9-7-11/h6-9,13H,4-5,10,19H2,1-3H3. The van der Waals surface area contributed by atoms with E-state index in [1.54, 1.807) is 16.8 Å². The molecule has 0 amide bonds. The Kier molecular flexibility index (Phi) is 3.27. The summed E-state index contributed by atoms with van der Waals surface area (Å²) in [6.45, 7) is 4.59. The third-order valence-electron chi connectivity index (χ3n) is 4.84. The Bertz CT molecular complexity index is 655. The summed E-state index contributed by atoms with van der Waals surface area (Å²) in [4.78, 5) is 0. The van der Waals surface area contributed by atoms with E-state index >= 15 is 0 Å². The van der Waals surface area contributed by atoms with E-state index in [0.29, 0.717) is 11.7 Å². The molecule has 2 N–H and O–H groups in total. The number of halogens is 1. The van der Waals surface area contributed by atoms with Gasteiger partial charge in [0.1, 0.15) is 11.6 Å². The van der Waals surface area contributed by atoms with Gasteiger partial charge in [-0.3, -0.25) is 4.68 Å². The van der Waals surface area contributed by atoms with E-state index in [1.807, 2.05) is 7.05 Å². The first-order valence-electron chi connectivity index (χ1n) is 7.48. The first kappa shape index (κ1) is 14.1. The third-order valence-corrected chi connectivity index (χ3v) is 4.84. The second kappa shape index (κ2) is 4.86. The average Bonchev–Trinajstić information content (AvgIpc) is 2.91. The highest BCUT2D eigenvalue weighted by Gasteiger charge is 2.39. The van der Waals surface area contributed by atoms with E-state index < -0.39 is 0 Å². The van der Waals surface area contributed by atoms with Crippen LogP contribution in [0.4, 0.5) is 10.2 Å². The molecule has 1 aromatic heterocycles. The summed E-state index contributed by atoms with van der Waals surface area (Å²) in [6.07, 6.45) is 3.56. The second-order valence-electron chi connectivity index (χ2n) is 6.71. The van der Waals surface area contributed by atoms with Crippen molar-refractivity contribution < 1.29 is 4.39 Å². The van der Waals surface area contributed by atoms with E-state index in [0.717, 1.165) is 23.2 Å². The normalized spacial score (nSPS) is 20.9. The van der Waals surface area contributed by atoms with Crippen LogP contribution in [0.2, 0.25) is 0 Å². The van der Waals surface area contributed by atoms with Crippen molar-refractivity contribution in [3.05, 3.63) is 35.8 Å². The molecule has 0 spiro atoms. The molecule has 1 saturated carbocycles. The number of aromatic nitrogens is 2. The topological polar surface area (TPSA) is 43.8 Å². The van der Waals surface area contributed by atoms with E-state index in [-0.39, 0.29) is 11.2 Å². The molecule has 1 aliphatic carbocycles. The first-order valence-corrected chi connectivity index (χ1v) is 7.48. The van der Waals surface area contributed by atoms with Gasteiger partial charge in [0, 0.05) is 18.5 Å². The van der Waals surface area contributed by atoms with Crippen molar-refractivity contribution in [2.45, 2.75) is 39.0 Å². The molecule has 1 unspecified atom stereocenters. The van der Waals surface area contributed by atoms with Crippen molar-refractivity contribution in [1.82, 2.24) is 9.78 Å². The van der Waals surface area contributed by atoms with Gasteiger partial charge in [0.2, 0.25) is 0 Å². The van der Waals surface area contributed by atoms with Crippen molar-refractivity contribution in [3.63, 3.8) is 0 Å². The number of nitrogen functional groups attached to an aromatic ring is 1. The van der Waals surface area contributed by atoms with Crippen LogP contribution in [0.15, 0.2) is 24.3 Å². The molecule has 0 saturated heterocycles. The zero-order valence-electron chi connectivity index (χ0n) is 12.9. The van der Waals surface area contributed by atoms with E-state index in [1.165, 1.54) is 25.0 Å². The van der Waals surface area contributed by atoms with Gasteiger partial charge in [-0.2, -0.15) is 5.10 Å². The van der Waals surface area contributed by atoms with Crippen LogP contribution in [0.3, 0.4) is 0 Å². The molecular weight excluding hydrogens is 265 g/mol. The van der Waals surface area contributed by atoms with Crippen LogP contribution in [0, 0.1) is 11.2 Å². The van der Waals surface area contributed by atoms with Crippen LogP contribution in [-0.2, 0) is 7.05 Å². The van der Waals surface area contributed by atoms with Crippen molar-refractivity contribution in [2.75, 3.05) is 5.73 Å². The Hall–Kier alpha value is -1.84. The lowest BCUT2D eigenvalue weighted by Gasteiger charge is -2.26. The van der Waals surface area contributed by atoms with Gasteiger partial charge in [-0.1, -0.05) is 32.4 Å². The number of rotatable bonds is 2. The molecule has 112 valence electrons. The van der Waals surface area contributed by atoms with Gasteiger partial charge in [-0.15, -0.1) is 0 Å². The Labute approximate surface area is 125 Å². The maximum atomic E-state index is 13.2. The molecule has 21 heavy (non-hydrogen) atoms. The van der Waals surface area contributed by atoms with Crippen molar-refractivity contribution >= 4 is 5.82 Å². The third kappa shape index (κ3) is 2.33. The minimum Gasteiger partial charge on any atom is -0.383 e. The Morgan fingerprint density at radius 2 is 1.95 bits per heavy atom. The van der Waals surface area contributed by atoms with Crippen LogP contribution >= 0.6 is 0 Å². The highest BCUT2D eigenvalue weighted by molar-refractivity contribution is 5.77.